The van der Waals surface area contributed by atoms with Crippen molar-refractivity contribution in [3.63, 3.8) is 0 Å². The smallest absolute Gasteiger partial charge is 0.274 e. The van der Waals surface area contributed by atoms with E-state index in [0.29, 0.717) is 5.69 Å². The molecule has 1 aromatic carbocycles. The van der Waals surface area contributed by atoms with E-state index >= 15 is 0 Å². The van der Waals surface area contributed by atoms with Crippen molar-refractivity contribution < 1.29 is 4.79 Å². The Morgan fingerprint density at radius 2 is 2.17 bits per heavy atom. The quantitative estimate of drug-likeness (QED) is 0.795. The summed E-state index contributed by atoms with van der Waals surface area (Å²) in [4.78, 5) is 23.9. The number of aromatic nitrogens is 3. The fraction of sp³-hybridized carbons (Fsp3) is 0.353. The summed E-state index contributed by atoms with van der Waals surface area (Å²) in [5.41, 5.74) is 2.58. The van der Waals surface area contributed by atoms with Crippen molar-refractivity contribution >= 4 is 33.4 Å². The highest BCUT2D eigenvalue weighted by molar-refractivity contribution is 7.13. The molecule has 4 rings (SSSR count). The van der Waals surface area contributed by atoms with Gasteiger partial charge in [0, 0.05) is 26.0 Å². The van der Waals surface area contributed by atoms with Crippen LogP contribution in [0.3, 0.4) is 0 Å². The van der Waals surface area contributed by atoms with Crippen molar-refractivity contribution in [3.05, 3.63) is 41.2 Å². The first kappa shape index (κ1) is 15.1. The topological polar surface area (TPSA) is 63.1 Å². The largest absolute Gasteiger partial charge is 0.365 e. The van der Waals surface area contributed by atoms with E-state index in [-0.39, 0.29) is 11.9 Å². The molecular formula is C17H19N5OS. The van der Waals surface area contributed by atoms with Crippen LogP contribution in [-0.4, -0.2) is 38.9 Å². The summed E-state index contributed by atoms with van der Waals surface area (Å²) >= 11 is 1.45. The maximum Gasteiger partial charge on any atom is 0.274 e. The minimum atomic E-state index is -0.0118. The second kappa shape index (κ2) is 5.90. The lowest BCUT2D eigenvalue weighted by Gasteiger charge is -2.23. The molecule has 1 amide bonds. The Bertz CT molecular complexity index is 899. The van der Waals surface area contributed by atoms with Gasteiger partial charge in [-0.3, -0.25) is 4.79 Å². The number of benzene rings is 1. The summed E-state index contributed by atoms with van der Waals surface area (Å²) in [7, 11) is 3.83. The normalized spacial score (nSPS) is 17.6. The lowest BCUT2D eigenvalue weighted by Crippen LogP contribution is -2.32. The van der Waals surface area contributed by atoms with Gasteiger partial charge in [0.2, 0.25) is 0 Å². The molecule has 0 unspecified atom stereocenters. The maximum absolute atomic E-state index is 12.9. The number of carbonyl (C=O) groups is 1. The number of nitrogens with one attached hydrogen (secondary N) is 1. The Labute approximate surface area is 144 Å². The number of para-hydroxylation sites is 2. The van der Waals surface area contributed by atoms with Crippen LogP contribution >= 0.6 is 11.3 Å². The van der Waals surface area contributed by atoms with Crippen LogP contribution in [0.5, 0.6) is 0 Å². The molecule has 24 heavy (non-hydrogen) atoms. The Balaban J connectivity index is 1.69. The van der Waals surface area contributed by atoms with Gasteiger partial charge in [-0.2, -0.15) is 0 Å². The van der Waals surface area contributed by atoms with E-state index in [1.165, 1.54) is 11.3 Å². The zero-order valence-electron chi connectivity index (χ0n) is 13.7. The third-order valence-corrected chi connectivity index (χ3v) is 5.43. The van der Waals surface area contributed by atoms with E-state index in [2.05, 4.69) is 20.9 Å². The van der Waals surface area contributed by atoms with Gasteiger partial charge >= 0.3 is 0 Å². The van der Waals surface area contributed by atoms with Gasteiger partial charge in [0.25, 0.3) is 5.91 Å². The molecule has 3 aromatic rings. The number of carbonyl (C=O) groups excluding carboxylic acids is 1. The fourth-order valence-electron chi connectivity index (χ4n) is 3.37. The summed E-state index contributed by atoms with van der Waals surface area (Å²) in [5, 5.41) is 5.56. The van der Waals surface area contributed by atoms with Crippen molar-refractivity contribution in [2.24, 2.45) is 7.05 Å². The minimum absolute atomic E-state index is 0.00892. The van der Waals surface area contributed by atoms with E-state index in [1.807, 2.05) is 42.6 Å². The summed E-state index contributed by atoms with van der Waals surface area (Å²) in [6.07, 6.45) is 1.93. The SMILES string of the molecule is CNc1nc(C(=O)N2CCC[C@H]2c2nc3ccccc3n2C)cs1. The molecule has 1 aliphatic heterocycles. The molecule has 1 atom stereocenters. The Kier molecular flexibility index (Phi) is 3.72. The van der Waals surface area contributed by atoms with Crippen LogP contribution in [0, 0.1) is 0 Å². The number of hydrogen-bond acceptors (Lipinski definition) is 5. The van der Waals surface area contributed by atoms with Crippen LogP contribution in [-0.2, 0) is 7.05 Å². The number of imidazole rings is 1. The number of likely N-dealkylation sites (tertiary alicyclic amines) is 1. The second-order valence-electron chi connectivity index (χ2n) is 5.96. The minimum Gasteiger partial charge on any atom is -0.365 e. The first-order valence-corrected chi connectivity index (χ1v) is 8.92. The van der Waals surface area contributed by atoms with Gasteiger partial charge in [0.1, 0.15) is 11.5 Å². The van der Waals surface area contributed by atoms with Crippen LogP contribution in [0.4, 0.5) is 5.13 Å². The number of thiazole rings is 1. The molecule has 0 spiro atoms. The molecule has 0 aliphatic carbocycles. The van der Waals surface area contributed by atoms with E-state index < -0.39 is 0 Å². The first-order valence-electron chi connectivity index (χ1n) is 8.04. The predicted octanol–water partition coefficient (Wildman–Crippen LogP) is 3.05. The summed E-state index contributed by atoms with van der Waals surface area (Å²) < 4.78 is 2.10. The van der Waals surface area contributed by atoms with E-state index in [1.54, 1.807) is 0 Å². The summed E-state index contributed by atoms with van der Waals surface area (Å²) in [5.74, 6) is 0.938. The first-order chi connectivity index (χ1) is 11.7. The highest BCUT2D eigenvalue weighted by Crippen LogP contribution is 2.34. The van der Waals surface area contributed by atoms with Crippen molar-refractivity contribution in [3.8, 4) is 0 Å². The molecule has 3 heterocycles. The van der Waals surface area contributed by atoms with Crippen molar-refractivity contribution in [2.45, 2.75) is 18.9 Å². The van der Waals surface area contributed by atoms with E-state index in [0.717, 1.165) is 41.4 Å². The van der Waals surface area contributed by atoms with Gasteiger partial charge in [0.15, 0.2) is 5.13 Å². The number of rotatable bonds is 3. The molecule has 0 saturated carbocycles. The lowest BCUT2D eigenvalue weighted by atomic mass is 10.2. The van der Waals surface area contributed by atoms with Gasteiger partial charge in [-0.25, -0.2) is 9.97 Å². The Morgan fingerprint density at radius 1 is 1.33 bits per heavy atom. The van der Waals surface area contributed by atoms with Crippen LogP contribution in [0.15, 0.2) is 29.6 Å². The van der Waals surface area contributed by atoms with Gasteiger partial charge in [-0.1, -0.05) is 12.1 Å². The third-order valence-electron chi connectivity index (χ3n) is 4.57. The number of fused-ring (bicyclic) bond motifs is 1. The predicted molar refractivity (Wildman–Crippen MR) is 95.4 cm³/mol. The van der Waals surface area contributed by atoms with Crippen LogP contribution < -0.4 is 5.32 Å². The van der Waals surface area contributed by atoms with Crippen molar-refractivity contribution in [2.75, 3.05) is 18.9 Å². The van der Waals surface area contributed by atoms with Crippen molar-refractivity contribution in [1.29, 1.82) is 0 Å². The number of aryl methyl sites for hydroxylation is 1. The molecule has 7 heteroatoms. The molecule has 1 saturated heterocycles. The van der Waals surface area contributed by atoms with Crippen molar-refractivity contribution in [1.82, 2.24) is 19.4 Å². The average Bonchev–Trinajstić information content (AvgIpc) is 3.33. The van der Waals surface area contributed by atoms with Gasteiger partial charge in [-0.15, -0.1) is 11.3 Å². The third kappa shape index (κ3) is 2.36. The zero-order chi connectivity index (χ0) is 16.7. The molecule has 1 N–H and O–H groups in total. The van der Waals surface area contributed by atoms with Gasteiger partial charge in [-0.05, 0) is 25.0 Å². The lowest BCUT2D eigenvalue weighted by molar-refractivity contribution is 0.0723. The molecule has 2 aromatic heterocycles. The van der Waals surface area contributed by atoms with E-state index in [4.69, 9.17) is 4.98 Å². The second-order valence-corrected chi connectivity index (χ2v) is 6.82. The van der Waals surface area contributed by atoms with Crippen LogP contribution in [0.2, 0.25) is 0 Å². The summed E-state index contributed by atoms with van der Waals surface area (Å²) in [6.45, 7) is 0.749. The average molecular weight is 341 g/mol. The van der Waals surface area contributed by atoms with Crippen LogP contribution in [0.1, 0.15) is 35.2 Å². The molecule has 1 aliphatic rings. The highest BCUT2D eigenvalue weighted by atomic mass is 32.1. The maximum atomic E-state index is 12.9. The van der Waals surface area contributed by atoms with Gasteiger partial charge < -0.3 is 14.8 Å². The van der Waals surface area contributed by atoms with Gasteiger partial charge in [0.05, 0.1) is 17.1 Å². The molecule has 0 radical (unpaired) electrons. The van der Waals surface area contributed by atoms with Crippen LogP contribution in [0.25, 0.3) is 11.0 Å². The molecule has 6 nitrogen and oxygen atoms in total. The molecular weight excluding hydrogens is 322 g/mol. The zero-order valence-corrected chi connectivity index (χ0v) is 14.5. The number of anilines is 1. The van der Waals surface area contributed by atoms with E-state index in [9.17, 15) is 4.79 Å². The number of nitrogens with zero attached hydrogens (tertiary/aromatic N) is 4. The monoisotopic (exact) mass is 341 g/mol. The molecule has 0 bridgehead atoms. The molecule has 124 valence electrons. The fourth-order valence-corrected chi connectivity index (χ4v) is 4.02. The Hall–Kier alpha value is -2.41. The molecule has 1 fully saturated rings. The standard InChI is InChI=1S/C17H19N5OS/c1-18-17-20-12(10-24-17)16(23)22-9-5-8-14(22)15-19-11-6-3-4-7-13(11)21(15)2/h3-4,6-7,10,14H,5,8-9H2,1-2H3,(H,18,20)/t14-/m0/s1. The highest BCUT2D eigenvalue weighted by Gasteiger charge is 2.34. The Morgan fingerprint density at radius 3 is 2.92 bits per heavy atom. The number of amides is 1. The number of hydrogen-bond donors (Lipinski definition) is 1. The summed E-state index contributed by atoms with van der Waals surface area (Å²) in [6, 6.07) is 8.09.